The smallest absolute Gasteiger partial charge is 0.193 e. The summed E-state index contributed by atoms with van der Waals surface area (Å²) >= 11 is 1.68. The van der Waals surface area contributed by atoms with Crippen molar-refractivity contribution in [2.45, 2.75) is 26.2 Å². The van der Waals surface area contributed by atoms with E-state index >= 15 is 0 Å². The minimum Gasteiger partial charge on any atom is -0.297 e. The summed E-state index contributed by atoms with van der Waals surface area (Å²) < 4.78 is 2.07. The first-order valence-electron chi connectivity index (χ1n) is 4.00. The van der Waals surface area contributed by atoms with E-state index < -0.39 is 0 Å². The highest BCUT2D eigenvalue weighted by Crippen LogP contribution is 2.22. The molecule has 0 fully saturated rings. The number of rotatable bonds is 0. The Labute approximate surface area is 75.9 Å². The maximum absolute atomic E-state index is 4.53. The van der Waals surface area contributed by atoms with Crippen molar-refractivity contribution in [3.63, 3.8) is 0 Å². The quantitative estimate of drug-likeness (QED) is 0.609. The molecule has 2 aromatic heterocycles. The molecule has 0 aromatic carbocycles. The molecular weight excluding hydrogens is 168 g/mol. The summed E-state index contributed by atoms with van der Waals surface area (Å²) in [5, 5.41) is 2.05. The van der Waals surface area contributed by atoms with Crippen molar-refractivity contribution < 1.29 is 0 Å². The standard InChI is InChI=1S/C9H12N2S/c1-9(2,3)7-6-11-4-5-12-8(11)10-7/h4-6H,1-3H3. The molecule has 0 aliphatic carbocycles. The fourth-order valence-electron chi connectivity index (χ4n) is 1.09. The number of nitrogens with zero attached hydrogens (tertiary/aromatic N) is 2. The number of hydrogen-bond acceptors (Lipinski definition) is 2. The fourth-order valence-corrected chi connectivity index (χ4v) is 1.79. The summed E-state index contributed by atoms with van der Waals surface area (Å²) in [6.45, 7) is 6.54. The second kappa shape index (κ2) is 2.33. The normalized spacial score (nSPS) is 12.6. The van der Waals surface area contributed by atoms with Crippen LogP contribution in [0.3, 0.4) is 0 Å². The topological polar surface area (TPSA) is 17.3 Å². The maximum atomic E-state index is 4.53. The fraction of sp³-hybridized carbons (Fsp3) is 0.444. The average molecular weight is 180 g/mol. The molecular formula is C9H12N2S. The van der Waals surface area contributed by atoms with E-state index in [-0.39, 0.29) is 5.41 Å². The molecule has 12 heavy (non-hydrogen) atoms. The Bertz CT molecular complexity index is 363. The molecule has 0 saturated carbocycles. The van der Waals surface area contributed by atoms with Crippen molar-refractivity contribution in [1.29, 1.82) is 0 Å². The summed E-state index contributed by atoms with van der Waals surface area (Å²) in [6.07, 6.45) is 4.15. The van der Waals surface area contributed by atoms with E-state index in [0.29, 0.717) is 0 Å². The van der Waals surface area contributed by atoms with Gasteiger partial charge in [-0.1, -0.05) is 20.8 Å². The van der Waals surface area contributed by atoms with Crippen molar-refractivity contribution in [3.8, 4) is 0 Å². The van der Waals surface area contributed by atoms with Crippen LogP contribution in [0.2, 0.25) is 0 Å². The summed E-state index contributed by atoms with van der Waals surface area (Å²) in [6, 6.07) is 0. The van der Waals surface area contributed by atoms with Gasteiger partial charge in [0.25, 0.3) is 0 Å². The monoisotopic (exact) mass is 180 g/mol. The second-order valence-corrected chi connectivity index (χ2v) is 4.84. The van der Waals surface area contributed by atoms with Crippen LogP contribution in [-0.4, -0.2) is 9.38 Å². The molecule has 2 rings (SSSR count). The van der Waals surface area contributed by atoms with Gasteiger partial charge in [-0.25, -0.2) is 4.98 Å². The Kier molecular flexibility index (Phi) is 1.51. The number of thiazole rings is 1. The molecule has 2 aromatic rings. The lowest BCUT2D eigenvalue weighted by Gasteiger charge is -2.13. The largest absolute Gasteiger partial charge is 0.297 e. The molecule has 2 nitrogen and oxygen atoms in total. The van der Waals surface area contributed by atoms with Crippen molar-refractivity contribution in [3.05, 3.63) is 23.5 Å². The molecule has 0 aliphatic heterocycles. The Morgan fingerprint density at radius 2 is 2.17 bits per heavy atom. The van der Waals surface area contributed by atoms with Gasteiger partial charge in [0, 0.05) is 23.2 Å². The second-order valence-electron chi connectivity index (χ2n) is 3.97. The Morgan fingerprint density at radius 3 is 2.75 bits per heavy atom. The number of fused-ring (bicyclic) bond motifs is 1. The highest BCUT2D eigenvalue weighted by molar-refractivity contribution is 7.15. The summed E-state index contributed by atoms with van der Waals surface area (Å²) in [4.78, 5) is 5.61. The van der Waals surface area contributed by atoms with E-state index in [2.05, 4.69) is 41.7 Å². The molecule has 2 heterocycles. The highest BCUT2D eigenvalue weighted by atomic mass is 32.1. The first kappa shape index (κ1) is 7.80. The van der Waals surface area contributed by atoms with Crippen LogP contribution in [0, 0.1) is 0 Å². The van der Waals surface area contributed by atoms with Gasteiger partial charge in [0.15, 0.2) is 4.96 Å². The Hall–Kier alpha value is -0.830. The van der Waals surface area contributed by atoms with Gasteiger partial charge >= 0.3 is 0 Å². The van der Waals surface area contributed by atoms with E-state index in [1.165, 1.54) is 0 Å². The molecule has 0 amide bonds. The van der Waals surface area contributed by atoms with E-state index in [4.69, 9.17) is 0 Å². The minimum atomic E-state index is 0.158. The van der Waals surface area contributed by atoms with E-state index in [9.17, 15) is 0 Å². The van der Waals surface area contributed by atoms with E-state index in [0.717, 1.165) is 10.7 Å². The van der Waals surface area contributed by atoms with Gasteiger partial charge in [0.1, 0.15) is 0 Å². The zero-order valence-electron chi connectivity index (χ0n) is 7.53. The first-order valence-corrected chi connectivity index (χ1v) is 4.88. The molecule has 0 bridgehead atoms. The van der Waals surface area contributed by atoms with Gasteiger partial charge in [-0.2, -0.15) is 0 Å². The average Bonchev–Trinajstić information content (AvgIpc) is 2.37. The molecule has 0 N–H and O–H groups in total. The maximum Gasteiger partial charge on any atom is 0.193 e. The van der Waals surface area contributed by atoms with Crippen molar-refractivity contribution >= 4 is 16.3 Å². The zero-order valence-corrected chi connectivity index (χ0v) is 8.35. The van der Waals surface area contributed by atoms with Gasteiger partial charge in [0.05, 0.1) is 5.69 Å². The van der Waals surface area contributed by atoms with Crippen molar-refractivity contribution in [1.82, 2.24) is 9.38 Å². The van der Waals surface area contributed by atoms with Crippen molar-refractivity contribution in [2.24, 2.45) is 0 Å². The summed E-state index contributed by atoms with van der Waals surface area (Å²) in [5.74, 6) is 0. The van der Waals surface area contributed by atoms with Crippen LogP contribution in [0.15, 0.2) is 17.8 Å². The molecule has 0 saturated heterocycles. The third kappa shape index (κ3) is 1.14. The molecule has 0 spiro atoms. The lowest BCUT2D eigenvalue weighted by molar-refractivity contribution is 0.573. The predicted octanol–water partition coefficient (Wildman–Crippen LogP) is 2.69. The van der Waals surface area contributed by atoms with Gasteiger partial charge < -0.3 is 0 Å². The Morgan fingerprint density at radius 1 is 1.42 bits per heavy atom. The van der Waals surface area contributed by atoms with Crippen LogP contribution < -0.4 is 0 Å². The van der Waals surface area contributed by atoms with E-state index in [1.54, 1.807) is 11.3 Å². The third-order valence-electron chi connectivity index (χ3n) is 1.86. The van der Waals surface area contributed by atoms with E-state index in [1.807, 2.05) is 6.20 Å². The number of hydrogen-bond donors (Lipinski definition) is 0. The molecule has 3 heteroatoms. The molecule has 0 atom stereocenters. The number of imidazole rings is 1. The lowest BCUT2D eigenvalue weighted by atomic mass is 9.93. The number of aromatic nitrogens is 2. The van der Waals surface area contributed by atoms with Crippen LogP contribution in [0.4, 0.5) is 0 Å². The molecule has 64 valence electrons. The van der Waals surface area contributed by atoms with Crippen LogP contribution >= 0.6 is 11.3 Å². The SMILES string of the molecule is CC(C)(C)c1cn2ccsc2n1. The lowest BCUT2D eigenvalue weighted by Crippen LogP contribution is -2.11. The van der Waals surface area contributed by atoms with Gasteiger partial charge in [-0.3, -0.25) is 4.40 Å². The highest BCUT2D eigenvalue weighted by Gasteiger charge is 2.17. The van der Waals surface area contributed by atoms with Crippen LogP contribution in [0.25, 0.3) is 4.96 Å². The molecule has 0 aliphatic rings. The van der Waals surface area contributed by atoms with Gasteiger partial charge in [-0.15, -0.1) is 11.3 Å². The van der Waals surface area contributed by atoms with Crippen molar-refractivity contribution in [2.75, 3.05) is 0 Å². The van der Waals surface area contributed by atoms with Gasteiger partial charge in [-0.05, 0) is 0 Å². The van der Waals surface area contributed by atoms with Gasteiger partial charge in [0.2, 0.25) is 0 Å². The van der Waals surface area contributed by atoms with Crippen LogP contribution in [0.1, 0.15) is 26.5 Å². The predicted molar refractivity (Wildman–Crippen MR) is 51.8 cm³/mol. The van der Waals surface area contributed by atoms with Crippen LogP contribution in [0.5, 0.6) is 0 Å². The summed E-state index contributed by atoms with van der Waals surface area (Å²) in [7, 11) is 0. The zero-order chi connectivity index (χ0) is 8.77. The first-order chi connectivity index (χ1) is 5.57. The minimum absolute atomic E-state index is 0.158. The third-order valence-corrected chi connectivity index (χ3v) is 2.63. The van der Waals surface area contributed by atoms with Crippen LogP contribution in [-0.2, 0) is 5.41 Å². The molecule has 0 unspecified atom stereocenters. The summed E-state index contributed by atoms with van der Waals surface area (Å²) in [5.41, 5.74) is 1.32. The Balaban J connectivity index is 2.59. The molecule has 0 radical (unpaired) electrons.